The second-order valence-corrected chi connectivity index (χ2v) is 7.65. The molecule has 0 N–H and O–H groups in total. The standard InChI is InChI=1S/C23H23N5O/c1-15-23(16(2)29-27-15)21-13-24-12-20(26-21)22-8-5-11-28(22)14-18-10-9-17-6-3-4-7-19(17)25-18/h3-4,6-7,9-10,12-13,22H,5,8,11,14H2,1-2H3. The molecule has 0 bridgehead atoms. The van der Waals surface area contributed by atoms with Crippen molar-refractivity contribution in [2.45, 2.75) is 39.3 Å². The van der Waals surface area contributed by atoms with E-state index in [4.69, 9.17) is 14.5 Å². The van der Waals surface area contributed by atoms with Gasteiger partial charge in [-0.25, -0.2) is 4.98 Å². The first-order chi connectivity index (χ1) is 14.2. The van der Waals surface area contributed by atoms with Gasteiger partial charge in [-0.15, -0.1) is 0 Å². The van der Waals surface area contributed by atoms with E-state index >= 15 is 0 Å². The summed E-state index contributed by atoms with van der Waals surface area (Å²) in [5.41, 5.74) is 5.75. The van der Waals surface area contributed by atoms with Crippen LogP contribution in [0.15, 0.2) is 53.3 Å². The maximum Gasteiger partial charge on any atom is 0.143 e. The summed E-state index contributed by atoms with van der Waals surface area (Å²) in [4.78, 5) is 16.7. The van der Waals surface area contributed by atoms with Crippen LogP contribution in [-0.2, 0) is 6.54 Å². The van der Waals surface area contributed by atoms with Gasteiger partial charge in [-0.2, -0.15) is 0 Å². The molecule has 146 valence electrons. The quantitative estimate of drug-likeness (QED) is 0.510. The van der Waals surface area contributed by atoms with Crippen molar-refractivity contribution in [2.75, 3.05) is 6.54 Å². The lowest BCUT2D eigenvalue weighted by Crippen LogP contribution is -2.24. The van der Waals surface area contributed by atoms with Crippen LogP contribution in [0.1, 0.15) is 41.7 Å². The van der Waals surface area contributed by atoms with Gasteiger partial charge in [-0.05, 0) is 45.4 Å². The average molecular weight is 385 g/mol. The number of benzene rings is 1. The number of likely N-dealkylation sites (tertiary alicyclic amines) is 1. The predicted molar refractivity (Wildman–Crippen MR) is 111 cm³/mol. The smallest absolute Gasteiger partial charge is 0.143 e. The zero-order chi connectivity index (χ0) is 19.8. The van der Waals surface area contributed by atoms with E-state index in [0.717, 1.165) is 65.5 Å². The van der Waals surface area contributed by atoms with Crippen molar-refractivity contribution in [2.24, 2.45) is 0 Å². The second-order valence-electron chi connectivity index (χ2n) is 7.65. The number of hydrogen-bond donors (Lipinski definition) is 0. The molecule has 1 aromatic carbocycles. The fraction of sp³-hybridized carbons (Fsp3) is 0.304. The number of aryl methyl sites for hydroxylation is 2. The van der Waals surface area contributed by atoms with E-state index in [1.165, 1.54) is 5.39 Å². The molecule has 1 fully saturated rings. The predicted octanol–water partition coefficient (Wildman–Crippen LogP) is 4.63. The molecule has 1 unspecified atom stereocenters. The summed E-state index contributed by atoms with van der Waals surface area (Å²) in [6.45, 7) is 5.70. The van der Waals surface area contributed by atoms with E-state index < -0.39 is 0 Å². The SMILES string of the molecule is Cc1noc(C)c1-c1cncc(C2CCCN2Cc2ccc3ccccc3n2)n1. The van der Waals surface area contributed by atoms with Crippen LogP contribution >= 0.6 is 0 Å². The van der Waals surface area contributed by atoms with Crippen molar-refractivity contribution in [3.05, 3.63) is 71.6 Å². The minimum atomic E-state index is 0.246. The summed E-state index contributed by atoms with van der Waals surface area (Å²) in [5, 5.41) is 5.23. The van der Waals surface area contributed by atoms with Crippen molar-refractivity contribution in [3.63, 3.8) is 0 Å². The van der Waals surface area contributed by atoms with E-state index in [-0.39, 0.29) is 6.04 Å². The number of rotatable bonds is 4. The van der Waals surface area contributed by atoms with Crippen LogP contribution in [0.2, 0.25) is 0 Å². The van der Waals surface area contributed by atoms with Crippen LogP contribution in [-0.4, -0.2) is 31.6 Å². The highest BCUT2D eigenvalue weighted by Crippen LogP contribution is 2.33. The van der Waals surface area contributed by atoms with Crippen molar-refractivity contribution in [1.82, 2.24) is 25.0 Å². The number of aromatic nitrogens is 4. The molecule has 0 amide bonds. The molecule has 6 heteroatoms. The molecule has 6 nitrogen and oxygen atoms in total. The van der Waals surface area contributed by atoms with Gasteiger partial charge in [0.1, 0.15) is 5.76 Å². The van der Waals surface area contributed by atoms with Crippen LogP contribution in [0, 0.1) is 13.8 Å². The van der Waals surface area contributed by atoms with Crippen molar-refractivity contribution in [3.8, 4) is 11.3 Å². The molecule has 4 aromatic rings. The Labute approximate surface area is 169 Å². The van der Waals surface area contributed by atoms with Gasteiger partial charge in [-0.1, -0.05) is 29.4 Å². The molecule has 1 aliphatic rings. The first-order valence-corrected chi connectivity index (χ1v) is 10.0. The van der Waals surface area contributed by atoms with Crippen LogP contribution in [0.4, 0.5) is 0 Å². The highest BCUT2D eigenvalue weighted by Gasteiger charge is 2.28. The van der Waals surface area contributed by atoms with Gasteiger partial charge in [0, 0.05) is 11.9 Å². The fourth-order valence-corrected chi connectivity index (χ4v) is 4.27. The summed E-state index contributed by atoms with van der Waals surface area (Å²) in [5.74, 6) is 0.776. The van der Waals surface area contributed by atoms with Gasteiger partial charge < -0.3 is 4.52 Å². The van der Waals surface area contributed by atoms with Crippen LogP contribution in [0.3, 0.4) is 0 Å². The topological polar surface area (TPSA) is 67.9 Å². The zero-order valence-electron chi connectivity index (χ0n) is 16.7. The lowest BCUT2D eigenvalue weighted by molar-refractivity contribution is 0.241. The average Bonchev–Trinajstić information content (AvgIpc) is 3.34. The maximum absolute atomic E-state index is 5.31. The fourth-order valence-electron chi connectivity index (χ4n) is 4.27. The van der Waals surface area contributed by atoms with Crippen LogP contribution < -0.4 is 0 Å². The van der Waals surface area contributed by atoms with E-state index in [9.17, 15) is 0 Å². The Morgan fingerprint density at radius 2 is 1.97 bits per heavy atom. The zero-order valence-corrected chi connectivity index (χ0v) is 16.7. The van der Waals surface area contributed by atoms with Gasteiger partial charge in [-0.3, -0.25) is 14.9 Å². The second kappa shape index (κ2) is 7.37. The molecule has 3 aromatic heterocycles. The summed E-state index contributed by atoms with van der Waals surface area (Å²) in [6, 6.07) is 12.8. The lowest BCUT2D eigenvalue weighted by Gasteiger charge is -2.23. The summed E-state index contributed by atoms with van der Waals surface area (Å²) >= 11 is 0. The minimum Gasteiger partial charge on any atom is -0.361 e. The Morgan fingerprint density at radius 3 is 2.83 bits per heavy atom. The molecule has 0 aliphatic carbocycles. The lowest BCUT2D eigenvalue weighted by atomic mass is 10.1. The first-order valence-electron chi connectivity index (χ1n) is 10.0. The number of para-hydroxylation sites is 1. The van der Waals surface area contributed by atoms with Gasteiger partial charge in [0.05, 0.1) is 52.3 Å². The number of nitrogens with zero attached hydrogens (tertiary/aromatic N) is 5. The van der Waals surface area contributed by atoms with Crippen LogP contribution in [0.5, 0.6) is 0 Å². The van der Waals surface area contributed by atoms with Gasteiger partial charge >= 0.3 is 0 Å². The number of pyridine rings is 1. The van der Waals surface area contributed by atoms with Crippen molar-refractivity contribution in [1.29, 1.82) is 0 Å². The molecule has 1 aliphatic heterocycles. The number of hydrogen-bond acceptors (Lipinski definition) is 6. The third kappa shape index (κ3) is 3.40. The molecule has 0 saturated carbocycles. The van der Waals surface area contributed by atoms with Crippen LogP contribution in [0.25, 0.3) is 22.2 Å². The van der Waals surface area contributed by atoms with Gasteiger partial charge in [0.25, 0.3) is 0 Å². The summed E-state index contributed by atoms with van der Waals surface area (Å²) < 4.78 is 5.31. The molecule has 29 heavy (non-hydrogen) atoms. The monoisotopic (exact) mass is 385 g/mol. The molecule has 4 heterocycles. The molecule has 1 saturated heterocycles. The van der Waals surface area contributed by atoms with E-state index in [2.05, 4.69) is 39.3 Å². The third-order valence-corrected chi connectivity index (χ3v) is 5.67. The molecular formula is C23H23N5O. The van der Waals surface area contributed by atoms with E-state index in [1.807, 2.05) is 32.2 Å². The normalized spacial score (nSPS) is 17.2. The Kier molecular flexibility index (Phi) is 4.56. The third-order valence-electron chi connectivity index (χ3n) is 5.67. The first kappa shape index (κ1) is 17.9. The van der Waals surface area contributed by atoms with E-state index in [1.54, 1.807) is 6.20 Å². The van der Waals surface area contributed by atoms with E-state index in [0.29, 0.717) is 0 Å². The molecule has 5 rings (SSSR count). The molecule has 0 spiro atoms. The molecule has 0 radical (unpaired) electrons. The highest BCUT2D eigenvalue weighted by atomic mass is 16.5. The Bertz CT molecular complexity index is 1150. The summed E-state index contributed by atoms with van der Waals surface area (Å²) in [7, 11) is 0. The van der Waals surface area contributed by atoms with Crippen molar-refractivity contribution < 1.29 is 4.52 Å². The number of fused-ring (bicyclic) bond motifs is 1. The maximum atomic E-state index is 5.31. The molecule has 1 atom stereocenters. The molecular weight excluding hydrogens is 362 g/mol. The highest BCUT2D eigenvalue weighted by molar-refractivity contribution is 5.78. The Morgan fingerprint density at radius 1 is 1.07 bits per heavy atom. The largest absolute Gasteiger partial charge is 0.361 e. The van der Waals surface area contributed by atoms with Gasteiger partial charge in [0.2, 0.25) is 0 Å². The van der Waals surface area contributed by atoms with Crippen molar-refractivity contribution >= 4 is 10.9 Å². The Balaban J connectivity index is 1.42. The minimum absolute atomic E-state index is 0.246. The Hall–Kier alpha value is -3.12. The van der Waals surface area contributed by atoms with Gasteiger partial charge in [0.15, 0.2) is 0 Å². The summed E-state index contributed by atoms with van der Waals surface area (Å²) in [6.07, 6.45) is 5.90.